The molecule has 0 radical (unpaired) electrons. The smallest absolute Gasteiger partial charge is 0.0582 e. The second-order valence-corrected chi connectivity index (χ2v) is 12.6. The highest BCUT2D eigenvalue weighted by Gasteiger charge is 2.35. The molecule has 0 spiro atoms. The Morgan fingerprint density at radius 2 is 1.11 bits per heavy atom. The highest BCUT2D eigenvalue weighted by Crippen LogP contribution is 2.49. The Labute approximate surface area is 257 Å². The van der Waals surface area contributed by atoms with Crippen LogP contribution in [0.3, 0.4) is 0 Å². The number of aromatic nitrogens is 1. The summed E-state index contributed by atoms with van der Waals surface area (Å²) in [6, 6.07) is 55.9. The van der Waals surface area contributed by atoms with Crippen LogP contribution in [0.4, 0.5) is 0 Å². The van der Waals surface area contributed by atoms with Crippen LogP contribution in [0.2, 0.25) is 0 Å². The molecule has 0 atom stereocenters. The van der Waals surface area contributed by atoms with Crippen molar-refractivity contribution >= 4 is 32.6 Å². The summed E-state index contributed by atoms with van der Waals surface area (Å²) in [7, 11) is 0. The van der Waals surface area contributed by atoms with Gasteiger partial charge in [0.2, 0.25) is 0 Å². The van der Waals surface area contributed by atoms with E-state index in [1.807, 2.05) is 0 Å². The Balaban J connectivity index is 1.31. The van der Waals surface area contributed by atoms with Gasteiger partial charge in [-0.25, -0.2) is 0 Å². The summed E-state index contributed by atoms with van der Waals surface area (Å²) < 4.78 is 2.51. The van der Waals surface area contributed by atoms with Gasteiger partial charge in [0, 0.05) is 16.2 Å². The lowest BCUT2D eigenvalue weighted by molar-refractivity contribution is 0.630. The third-order valence-corrected chi connectivity index (χ3v) is 9.76. The van der Waals surface area contributed by atoms with Crippen molar-refractivity contribution in [2.24, 2.45) is 0 Å². The number of benzene rings is 7. The minimum Gasteiger partial charge on any atom is -0.309 e. The van der Waals surface area contributed by atoms with E-state index >= 15 is 0 Å². The Kier molecular flexibility index (Phi) is 5.31. The highest BCUT2D eigenvalue weighted by atomic mass is 15.0. The van der Waals surface area contributed by atoms with Crippen molar-refractivity contribution < 1.29 is 0 Å². The standard InChI is InChI=1S/C43H31N/c1-43(2)38-20-8-9-21-41(38)44-40-23-22-31(25-36(40)37-26-33(27-39(43)42(37)44)28-12-4-3-5-13-28)30-16-10-17-32(24-30)35-19-11-15-29-14-6-7-18-34(29)35/h3-27H,1-2H3. The molecule has 1 nitrogen and oxygen atoms in total. The number of para-hydroxylation sites is 1. The molecule has 44 heavy (non-hydrogen) atoms. The van der Waals surface area contributed by atoms with Gasteiger partial charge < -0.3 is 4.57 Å². The summed E-state index contributed by atoms with van der Waals surface area (Å²) in [6.07, 6.45) is 0. The van der Waals surface area contributed by atoms with E-state index in [-0.39, 0.29) is 5.41 Å². The maximum Gasteiger partial charge on any atom is 0.0582 e. The summed E-state index contributed by atoms with van der Waals surface area (Å²) in [6.45, 7) is 4.75. The molecule has 1 aliphatic heterocycles. The van der Waals surface area contributed by atoms with Crippen LogP contribution in [-0.4, -0.2) is 4.57 Å². The molecule has 0 saturated carbocycles. The molecule has 1 aromatic heterocycles. The first kappa shape index (κ1) is 25.1. The number of rotatable bonds is 3. The summed E-state index contributed by atoms with van der Waals surface area (Å²) in [5.41, 5.74) is 14.0. The van der Waals surface area contributed by atoms with E-state index in [1.54, 1.807) is 0 Å². The van der Waals surface area contributed by atoms with Crippen LogP contribution in [0.25, 0.3) is 71.6 Å². The van der Waals surface area contributed by atoms with Crippen LogP contribution >= 0.6 is 0 Å². The lowest BCUT2D eigenvalue weighted by Gasteiger charge is -2.35. The minimum absolute atomic E-state index is 0.125. The summed E-state index contributed by atoms with van der Waals surface area (Å²) >= 11 is 0. The first-order valence-electron chi connectivity index (χ1n) is 15.4. The van der Waals surface area contributed by atoms with Gasteiger partial charge in [0.1, 0.15) is 0 Å². The van der Waals surface area contributed by atoms with Crippen molar-refractivity contribution in [1.82, 2.24) is 4.57 Å². The molecule has 9 rings (SSSR count). The zero-order chi connectivity index (χ0) is 29.4. The second kappa shape index (κ2) is 9.30. The molecule has 8 aromatic rings. The first-order chi connectivity index (χ1) is 21.6. The van der Waals surface area contributed by atoms with Crippen molar-refractivity contribution in [3.8, 4) is 39.1 Å². The first-order valence-corrected chi connectivity index (χ1v) is 15.4. The topological polar surface area (TPSA) is 4.93 Å². The fourth-order valence-electron chi connectivity index (χ4n) is 7.54. The molecule has 0 amide bonds. The minimum atomic E-state index is -0.125. The predicted octanol–water partition coefficient (Wildman–Crippen LogP) is 11.6. The van der Waals surface area contributed by atoms with Crippen molar-refractivity contribution in [3.63, 3.8) is 0 Å². The average molecular weight is 562 g/mol. The fraction of sp³-hybridized carbons (Fsp3) is 0.0698. The van der Waals surface area contributed by atoms with Crippen LogP contribution in [0, 0.1) is 0 Å². The number of nitrogens with zero attached hydrogens (tertiary/aromatic N) is 1. The van der Waals surface area contributed by atoms with Gasteiger partial charge in [-0.3, -0.25) is 0 Å². The molecule has 7 aromatic carbocycles. The molecule has 1 heteroatoms. The Hall–Kier alpha value is -5.40. The zero-order valence-electron chi connectivity index (χ0n) is 24.9. The molecule has 0 aliphatic carbocycles. The molecular formula is C43H31N. The fourth-order valence-corrected chi connectivity index (χ4v) is 7.54. The van der Waals surface area contributed by atoms with Gasteiger partial charge in [-0.05, 0) is 91.7 Å². The predicted molar refractivity (Wildman–Crippen MR) is 187 cm³/mol. The average Bonchev–Trinajstić information content (AvgIpc) is 3.41. The highest BCUT2D eigenvalue weighted by molar-refractivity contribution is 6.14. The van der Waals surface area contributed by atoms with E-state index in [2.05, 4.69) is 170 Å². The van der Waals surface area contributed by atoms with Gasteiger partial charge in [0.15, 0.2) is 0 Å². The van der Waals surface area contributed by atoms with Crippen molar-refractivity contribution in [2.45, 2.75) is 19.3 Å². The van der Waals surface area contributed by atoms with Gasteiger partial charge >= 0.3 is 0 Å². The van der Waals surface area contributed by atoms with Gasteiger partial charge in [0.25, 0.3) is 0 Å². The van der Waals surface area contributed by atoms with E-state index in [0.29, 0.717) is 0 Å². The monoisotopic (exact) mass is 561 g/mol. The van der Waals surface area contributed by atoms with Gasteiger partial charge in [-0.15, -0.1) is 0 Å². The Morgan fingerprint density at radius 1 is 0.432 bits per heavy atom. The molecule has 1 aliphatic rings. The van der Waals surface area contributed by atoms with Crippen molar-refractivity contribution in [1.29, 1.82) is 0 Å². The SMILES string of the molecule is CC1(C)c2ccccc2-n2c3ccc(-c4cccc(-c5cccc6ccccc56)c4)cc3c3cc(-c4ccccc4)cc1c32. The molecule has 0 bridgehead atoms. The van der Waals surface area contributed by atoms with Gasteiger partial charge in [-0.2, -0.15) is 0 Å². The summed E-state index contributed by atoms with van der Waals surface area (Å²) in [5.74, 6) is 0. The normalized spacial score (nSPS) is 13.4. The third-order valence-electron chi connectivity index (χ3n) is 9.76. The molecule has 2 heterocycles. The number of hydrogen-bond acceptors (Lipinski definition) is 0. The van der Waals surface area contributed by atoms with Crippen molar-refractivity contribution in [3.05, 3.63) is 163 Å². The second-order valence-electron chi connectivity index (χ2n) is 12.6. The van der Waals surface area contributed by atoms with Gasteiger partial charge in [-0.1, -0.05) is 129 Å². The third kappa shape index (κ3) is 3.59. The quantitative estimate of drug-likeness (QED) is 0.202. The van der Waals surface area contributed by atoms with E-state index in [4.69, 9.17) is 0 Å². The maximum atomic E-state index is 2.51. The molecular weight excluding hydrogens is 530 g/mol. The van der Waals surface area contributed by atoms with Crippen LogP contribution in [0.1, 0.15) is 25.0 Å². The lowest BCUT2D eigenvalue weighted by atomic mass is 9.74. The van der Waals surface area contributed by atoms with Crippen molar-refractivity contribution in [2.75, 3.05) is 0 Å². The molecule has 208 valence electrons. The Bertz CT molecular complexity index is 2400. The molecule has 0 fully saturated rings. The van der Waals surface area contributed by atoms with E-state index < -0.39 is 0 Å². The molecule has 0 unspecified atom stereocenters. The zero-order valence-corrected chi connectivity index (χ0v) is 24.9. The summed E-state index contributed by atoms with van der Waals surface area (Å²) in [4.78, 5) is 0. The van der Waals surface area contributed by atoms with Gasteiger partial charge in [0.05, 0.1) is 16.7 Å². The van der Waals surface area contributed by atoms with Crippen LogP contribution in [-0.2, 0) is 5.41 Å². The van der Waals surface area contributed by atoms with Crippen LogP contribution in [0.15, 0.2) is 152 Å². The molecule has 0 saturated heterocycles. The number of hydrogen-bond donors (Lipinski definition) is 0. The van der Waals surface area contributed by atoms with E-state index in [0.717, 1.165) is 0 Å². The lowest BCUT2D eigenvalue weighted by Crippen LogP contribution is -2.26. The van der Waals surface area contributed by atoms with E-state index in [1.165, 1.54) is 82.8 Å². The molecule has 0 N–H and O–H groups in total. The Morgan fingerprint density at radius 3 is 2.02 bits per heavy atom. The maximum absolute atomic E-state index is 2.51. The van der Waals surface area contributed by atoms with E-state index in [9.17, 15) is 0 Å². The largest absolute Gasteiger partial charge is 0.309 e. The van der Waals surface area contributed by atoms with Crippen LogP contribution < -0.4 is 0 Å². The summed E-state index contributed by atoms with van der Waals surface area (Å²) in [5, 5.41) is 5.15. The van der Waals surface area contributed by atoms with Crippen LogP contribution in [0.5, 0.6) is 0 Å². The number of fused-ring (bicyclic) bond motifs is 6.